The van der Waals surface area contributed by atoms with Crippen LogP contribution < -0.4 is 0 Å². The molecule has 2 fully saturated rings. The average Bonchev–Trinajstić information content (AvgIpc) is 3.48. The van der Waals surface area contributed by atoms with Gasteiger partial charge in [0.1, 0.15) is 0 Å². The summed E-state index contributed by atoms with van der Waals surface area (Å²) in [4.78, 5) is 8.60. The van der Waals surface area contributed by atoms with Gasteiger partial charge in [-0.15, -0.1) is 0 Å². The van der Waals surface area contributed by atoms with Crippen LogP contribution in [0, 0.1) is 29.4 Å². The van der Waals surface area contributed by atoms with E-state index in [9.17, 15) is 5.11 Å². The van der Waals surface area contributed by atoms with Gasteiger partial charge in [0.15, 0.2) is 0 Å². The molecule has 2 rings (SSSR count). The molecule has 0 aromatic carbocycles. The zero-order chi connectivity index (χ0) is 22.0. The summed E-state index contributed by atoms with van der Waals surface area (Å²) in [5.41, 5.74) is 1.20. The monoisotopic (exact) mass is 478 g/mol. The number of rotatable bonds is 6. The van der Waals surface area contributed by atoms with Crippen molar-refractivity contribution in [1.29, 1.82) is 0 Å². The molecule has 1 N–H and O–H groups in total. The molecule has 0 spiro atoms. The van der Waals surface area contributed by atoms with Crippen LogP contribution in [0.5, 0.6) is 0 Å². The fraction of sp³-hybridized carbons (Fsp3) is 0.667. The molecule has 0 radical (unpaired) electrons. The first-order valence-electron chi connectivity index (χ1n) is 9.70. The fourth-order valence-corrected chi connectivity index (χ4v) is 2.56. The van der Waals surface area contributed by atoms with Gasteiger partial charge in [0.2, 0.25) is 0 Å². The number of nitrogens with zero attached hydrogens (tertiary/aromatic N) is 2. The molecule has 0 aliphatic heterocycles. The second-order valence-electron chi connectivity index (χ2n) is 10.2. The quantitative estimate of drug-likeness (QED) is 0.385. The molecule has 0 bridgehead atoms. The Kier molecular flexibility index (Phi) is 10.2. The third-order valence-electron chi connectivity index (χ3n) is 5.06. The molecule has 29 heavy (non-hydrogen) atoms. The third-order valence-corrected chi connectivity index (χ3v) is 6.92. The molecule has 3 nitrogen and oxygen atoms in total. The summed E-state index contributed by atoms with van der Waals surface area (Å²) >= 11 is 4.88. The summed E-state index contributed by atoms with van der Waals surface area (Å²) in [6.45, 7) is 26.4. The van der Waals surface area contributed by atoms with Crippen molar-refractivity contribution < 1.29 is 41.9 Å². The van der Waals surface area contributed by atoms with E-state index in [1.807, 2.05) is 20.8 Å². The number of hydrogen-bond acceptors (Lipinski definition) is 3. The van der Waals surface area contributed by atoms with Crippen molar-refractivity contribution in [2.75, 3.05) is 0 Å². The van der Waals surface area contributed by atoms with Crippen LogP contribution in [0.3, 0.4) is 0 Å². The Bertz CT molecular complexity index is 620. The van der Waals surface area contributed by atoms with Crippen LogP contribution in [-0.2, 0) is 34.0 Å². The Hall–Kier alpha value is -0.311. The van der Waals surface area contributed by atoms with Crippen LogP contribution in [0.1, 0.15) is 84.4 Å². The van der Waals surface area contributed by atoms with Crippen molar-refractivity contribution in [2.24, 2.45) is 26.2 Å². The maximum atomic E-state index is 9.70. The topological polar surface area (TPSA) is 45.0 Å². The molecular weight excluding hydrogens is 434 g/mol. The molecule has 5 heteroatoms. The van der Waals surface area contributed by atoms with Crippen LogP contribution >= 0.6 is 0 Å². The van der Waals surface area contributed by atoms with Gasteiger partial charge in [-0.2, -0.15) is 0 Å². The number of aliphatic imine (C=N–C) groups is 2. The van der Waals surface area contributed by atoms with E-state index in [0.29, 0.717) is 9.77 Å². The molecule has 0 amide bonds. The Balaban J connectivity index is -0.000000461. The summed E-state index contributed by atoms with van der Waals surface area (Å²) in [5, 5.41) is 9.70. The van der Waals surface area contributed by atoms with Gasteiger partial charge in [0, 0.05) is 2.85 Å². The molecule has 0 unspecified atom stereocenters. The minimum absolute atomic E-state index is 0. The van der Waals surface area contributed by atoms with Crippen LogP contribution in [0.2, 0.25) is 0 Å². The van der Waals surface area contributed by atoms with Crippen LogP contribution in [-0.4, -0.2) is 31.8 Å². The molecule has 0 aromatic rings. The zero-order valence-corrected chi connectivity index (χ0v) is 21.2. The van der Waals surface area contributed by atoms with Gasteiger partial charge >= 0.3 is 190 Å². The molecule has 2 aliphatic rings. The van der Waals surface area contributed by atoms with Gasteiger partial charge in [-0.3, -0.25) is 0 Å². The summed E-state index contributed by atoms with van der Waals surface area (Å²) in [5.74, 6) is 0. The Morgan fingerprint density at radius 3 is 1.48 bits per heavy atom. The van der Waals surface area contributed by atoms with Gasteiger partial charge in [-0.25, -0.2) is 0 Å². The molecule has 166 valence electrons. The van der Waals surface area contributed by atoms with E-state index in [1.54, 1.807) is 12.4 Å². The van der Waals surface area contributed by atoms with E-state index in [2.05, 4.69) is 71.6 Å². The van der Waals surface area contributed by atoms with E-state index < -0.39 is 5.60 Å². The third kappa shape index (κ3) is 9.57. The number of allylic oxidation sites excluding steroid dienone is 2. The van der Waals surface area contributed by atoms with E-state index in [1.165, 1.54) is 12.8 Å². The number of aliphatic hydroxyl groups is 1. The van der Waals surface area contributed by atoms with Crippen LogP contribution in [0.15, 0.2) is 21.1 Å². The summed E-state index contributed by atoms with van der Waals surface area (Å²) in [7, 11) is 0. The molecule has 0 atom stereocenters. The van der Waals surface area contributed by atoms with Gasteiger partial charge < -0.3 is 0 Å². The second kappa shape index (κ2) is 10.3. The van der Waals surface area contributed by atoms with Crippen molar-refractivity contribution in [3.63, 3.8) is 0 Å². The van der Waals surface area contributed by atoms with Crippen molar-refractivity contribution >= 4 is 21.1 Å². The van der Waals surface area contributed by atoms with Gasteiger partial charge in [-0.1, -0.05) is 7.43 Å². The first kappa shape index (κ1) is 28.7. The molecular formula is C24H42N2OV2-2. The van der Waals surface area contributed by atoms with E-state index in [-0.39, 0.29) is 21.1 Å². The molecule has 0 saturated heterocycles. The second-order valence-corrected chi connectivity index (χ2v) is 11.5. The van der Waals surface area contributed by atoms with Crippen molar-refractivity contribution in [2.45, 2.75) is 87.2 Å². The Morgan fingerprint density at radius 1 is 0.862 bits per heavy atom. The Labute approximate surface area is 200 Å². The van der Waals surface area contributed by atoms with Crippen molar-refractivity contribution in [3.8, 4) is 0 Å². The molecule has 2 saturated carbocycles. The van der Waals surface area contributed by atoms with Gasteiger partial charge in [-0.05, 0) is 0 Å². The Morgan fingerprint density at radius 2 is 1.21 bits per heavy atom. The molecule has 0 aromatic heterocycles. The zero-order valence-electron chi connectivity index (χ0n) is 18.4. The summed E-state index contributed by atoms with van der Waals surface area (Å²) in [6.07, 6.45) is 7.57. The standard InChI is InChI=1S/C12H18N.C11H16NO.CH4.2V.2H2/c1-10(11(2,3)4)8-13-9-12(5)6-7-12;1-9(10(2,3)4)7-12-8-11(13)5-6-11;;;;;/h1,8H,6-7H2,2-5H3;1,7,13H,5-6H2,2-4H3;1H4;;;2*1H/q2*-1;;;;;/i;;;;;2*1+1. The van der Waals surface area contributed by atoms with Crippen molar-refractivity contribution in [3.05, 3.63) is 24.3 Å². The summed E-state index contributed by atoms with van der Waals surface area (Å²) in [6, 6.07) is 0. The summed E-state index contributed by atoms with van der Waals surface area (Å²) < 4.78 is 1.86. The maximum absolute atomic E-state index is 9.70. The molecule has 0 heterocycles. The SMILES string of the molecule is C.[2HH].[2HH].[CH-]=C(C=N[C](=[V])C1(C)CC1)C(C)(C)C.[CH-]=C(C=N[C](=[V])C1(O)CC1)C(C)(C)C. The van der Waals surface area contributed by atoms with Crippen LogP contribution in [0.4, 0.5) is 0 Å². The van der Waals surface area contributed by atoms with E-state index >= 15 is 0 Å². The number of hydrogen-bond donors (Lipinski definition) is 1. The van der Waals surface area contributed by atoms with Gasteiger partial charge in [0.25, 0.3) is 0 Å². The van der Waals surface area contributed by atoms with E-state index in [4.69, 9.17) is 13.2 Å². The minimum atomic E-state index is -0.658. The van der Waals surface area contributed by atoms with Crippen LogP contribution in [0.25, 0.3) is 0 Å². The fourth-order valence-electron chi connectivity index (χ4n) is 1.68. The first-order chi connectivity index (χ1) is 12.5. The predicted molar refractivity (Wildman–Crippen MR) is 124 cm³/mol. The van der Waals surface area contributed by atoms with E-state index in [0.717, 1.165) is 28.3 Å². The molecule has 2 aliphatic carbocycles. The predicted octanol–water partition coefficient (Wildman–Crippen LogP) is 5.73. The normalized spacial score (nSPS) is 19.0. The average molecular weight is 479 g/mol. The first-order valence-corrected chi connectivity index (χ1v) is 11.1. The van der Waals surface area contributed by atoms with Crippen molar-refractivity contribution in [1.82, 2.24) is 0 Å². The van der Waals surface area contributed by atoms with Gasteiger partial charge in [0.05, 0.1) is 0 Å².